The van der Waals surface area contributed by atoms with Crippen molar-refractivity contribution in [3.8, 4) is 11.5 Å². The van der Waals surface area contributed by atoms with Crippen LogP contribution in [0.1, 0.15) is 83.0 Å². The molecule has 0 aliphatic heterocycles. The predicted octanol–water partition coefficient (Wildman–Crippen LogP) is 5.63. The number of carbonyl (C=O) groups is 2. The molecule has 0 bridgehead atoms. The van der Waals surface area contributed by atoms with E-state index in [4.69, 9.17) is 24.4 Å². The maximum Gasteiger partial charge on any atom is 0.303 e. The Labute approximate surface area is 200 Å². The average molecular weight is 471 g/mol. The first-order valence-corrected chi connectivity index (χ1v) is 11.8. The monoisotopic (exact) mass is 470 g/mol. The van der Waals surface area contributed by atoms with Crippen molar-refractivity contribution in [3.05, 3.63) is 23.8 Å². The third-order valence-electron chi connectivity index (χ3n) is 4.75. The fraction of sp³-hybridized carbons (Fsp3) is 0.692. The first kappa shape index (κ1) is 33.1. The summed E-state index contributed by atoms with van der Waals surface area (Å²) in [6.07, 6.45) is 5.26. The number of hydrogen-bond donors (Lipinski definition) is 2. The van der Waals surface area contributed by atoms with Gasteiger partial charge in [-0.15, -0.1) is 0 Å². The Bertz CT molecular complexity index is 629. The Morgan fingerprint density at radius 2 is 1.58 bits per heavy atom. The number of benzene rings is 1. The van der Waals surface area contributed by atoms with E-state index in [1.807, 2.05) is 13.8 Å². The van der Waals surface area contributed by atoms with Gasteiger partial charge in [0, 0.05) is 45.1 Å². The van der Waals surface area contributed by atoms with E-state index in [2.05, 4.69) is 13.8 Å². The number of ether oxygens (including phenoxy) is 3. The van der Waals surface area contributed by atoms with Gasteiger partial charge < -0.3 is 24.4 Å². The van der Waals surface area contributed by atoms with Gasteiger partial charge in [-0.05, 0) is 37.0 Å². The van der Waals surface area contributed by atoms with Crippen molar-refractivity contribution in [3.63, 3.8) is 0 Å². The van der Waals surface area contributed by atoms with Gasteiger partial charge >= 0.3 is 5.97 Å². The number of carboxylic acid groups (broad SMARTS) is 1. The number of unbranched alkanes of at least 4 members (excludes halogenated alkanes) is 2. The molecule has 0 heterocycles. The van der Waals surface area contributed by atoms with Crippen molar-refractivity contribution in [2.75, 3.05) is 34.5 Å². The van der Waals surface area contributed by atoms with E-state index in [0.717, 1.165) is 32.8 Å². The number of ketones is 1. The highest BCUT2D eigenvalue weighted by atomic mass is 16.5. The number of carbonyl (C=O) groups excluding carboxylic acids is 1. The van der Waals surface area contributed by atoms with Crippen LogP contribution < -0.4 is 9.47 Å². The predicted molar refractivity (Wildman–Crippen MR) is 132 cm³/mol. The molecule has 0 spiro atoms. The summed E-state index contributed by atoms with van der Waals surface area (Å²) in [5.74, 6) is 0.599. The van der Waals surface area contributed by atoms with Crippen molar-refractivity contribution in [2.45, 2.75) is 72.6 Å². The molecule has 0 fully saturated rings. The van der Waals surface area contributed by atoms with Crippen LogP contribution in [-0.2, 0) is 9.53 Å². The summed E-state index contributed by atoms with van der Waals surface area (Å²) < 4.78 is 16.2. The largest absolute Gasteiger partial charge is 0.493 e. The molecule has 7 heteroatoms. The molecule has 0 radical (unpaired) electrons. The number of rotatable bonds is 15. The zero-order chi connectivity index (χ0) is 25.6. The summed E-state index contributed by atoms with van der Waals surface area (Å²) in [4.78, 5) is 23.7. The van der Waals surface area contributed by atoms with Crippen molar-refractivity contribution < 1.29 is 34.0 Å². The molecule has 33 heavy (non-hydrogen) atoms. The van der Waals surface area contributed by atoms with Gasteiger partial charge in [0.05, 0.1) is 13.7 Å². The first-order chi connectivity index (χ1) is 15.8. The summed E-state index contributed by atoms with van der Waals surface area (Å²) in [6.45, 7) is 9.44. The van der Waals surface area contributed by atoms with Gasteiger partial charge in [-0.2, -0.15) is 0 Å². The fourth-order valence-electron chi connectivity index (χ4n) is 3.13. The summed E-state index contributed by atoms with van der Waals surface area (Å²) >= 11 is 0. The average Bonchev–Trinajstić information content (AvgIpc) is 2.80. The van der Waals surface area contributed by atoms with Crippen LogP contribution in [0.4, 0.5) is 0 Å². The van der Waals surface area contributed by atoms with E-state index in [1.54, 1.807) is 32.4 Å². The zero-order valence-corrected chi connectivity index (χ0v) is 21.7. The fourth-order valence-corrected chi connectivity index (χ4v) is 3.13. The molecular formula is C26H46O7. The lowest BCUT2D eigenvalue weighted by Gasteiger charge is -2.20. The molecule has 0 aliphatic carbocycles. The van der Waals surface area contributed by atoms with Crippen LogP contribution in [-0.4, -0.2) is 56.5 Å². The number of aliphatic carboxylic acids is 1. The molecule has 0 aliphatic rings. The summed E-state index contributed by atoms with van der Waals surface area (Å²) in [5, 5.41) is 15.7. The topological polar surface area (TPSA) is 102 Å². The van der Waals surface area contributed by atoms with Gasteiger partial charge in [0.25, 0.3) is 0 Å². The number of methoxy groups -OCH3 is 2. The third kappa shape index (κ3) is 15.4. The lowest BCUT2D eigenvalue weighted by Crippen LogP contribution is -2.20. The molecule has 2 N–H and O–H groups in total. The first-order valence-electron chi connectivity index (χ1n) is 11.8. The van der Waals surface area contributed by atoms with Crippen LogP contribution in [0.2, 0.25) is 0 Å². The summed E-state index contributed by atoms with van der Waals surface area (Å²) in [6, 6.07) is 5.31. The number of hydrogen-bond acceptors (Lipinski definition) is 6. The van der Waals surface area contributed by atoms with E-state index >= 15 is 0 Å². The molecule has 7 nitrogen and oxygen atoms in total. The SMILES string of the molecule is CCC.CO.COCCCOc1cc(C(=O)C(CCCCCC(=O)O)C(C)C)ccc1OC. The molecule has 0 saturated carbocycles. The summed E-state index contributed by atoms with van der Waals surface area (Å²) in [7, 11) is 4.22. The maximum absolute atomic E-state index is 13.1. The van der Waals surface area contributed by atoms with Crippen molar-refractivity contribution in [2.24, 2.45) is 11.8 Å². The van der Waals surface area contributed by atoms with E-state index in [9.17, 15) is 9.59 Å². The lowest BCUT2D eigenvalue weighted by atomic mass is 9.84. The Kier molecular flexibility index (Phi) is 21.7. The molecular weight excluding hydrogens is 424 g/mol. The Morgan fingerprint density at radius 3 is 2.09 bits per heavy atom. The van der Waals surface area contributed by atoms with Crippen LogP contribution in [0, 0.1) is 11.8 Å². The molecule has 1 unspecified atom stereocenters. The smallest absolute Gasteiger partial charge is 0.303 e. The van der Waals surface area contributed by atoms with Gasteiger partial charge in [-0.25, -0.2) is 0 Å². The van der Waals surface area contributed by atoms with Crippen molar-refractivity contribution in [1.29, 1.82) is 0 Å². The molecule has 1 rings (SSSR count). The van der Waals surface area contributed by atoms with Gasteiger partial charge in [0.1, 0.15) is 0 Å². The second kappa shape index (κ2) is 21.7. The van der Waals surface area contributed by atoms with Crippen molar-refractivity contribution >= 4 is 11.8 Å². The second-order valence-corrected chi connectivity index (χ2v) is 7.98. The van der Waals surface area contributed by atoms with E-state index < -0.39 is 5.97 Å². The zero-order valence-electron chi connectivity index (χ0n) is 21.7. The second-order valence-electron chi connectivity index (χ2n) is 7.98. The summed E-state index contributed by atoms with van der Waals surface area (Å²) in [5.41, 5.74) is 0.617. The minimum Gasteiger partial charge on any atom is -0.493 e. The normalized spacial score (nSPS) is 10.9. The van der Waals surface area contributed by atoms with Gasteiger partial charge in [-0.3, -0.25) is 9.59 Å². The van der Waals surface area contributed by atoms with Gasteiger partial charge in [-0.1, -0.05) is 47.0 Å². The van der Waals surface area contributed by atoms with Crippen LogP contribution in [0.3, 0.4) is 0 Å². The van der Waals surface area contributed by atoms with Crippen LogP contribution >= 0.6 is 0 Å². The highest BCUT2D eigenvalue weighted by Gasteiger charge is 2.24. The molecule has 0 aromatic heterocycles. The Morgan fingerprint density at radius 1 is 0.939 bits per heavy atom. The van der Waals surface area contributed by atoms with Crippen LogP contribution in [0.5, 0.6) is 11.5 Å². The molecule has 1 aromatic rings. The molecule has 0 amide bonds. The van der Waals surface area contributed by atoms with Crippen molar-refractivity contribution in [1.82, 2.24) is 0 Å². The molecule has 1 atom stereocenters. The molecule has 0 saturated heterocycles. The van der Waals surface area contributed by atoms with E-state index in [1.165, 1.54) is 6.42 Å². The van der Waals surface area contributed by atoms with E-state index in [-0.39, 0.29) is 24.0 Å². The maximum atomic E-state index is 13.1. The minimum atomic E-state index is -0.771. The number of carboxylic acids is 1. The number of aliphatic hydroxyl groups is 1. The Balaban J connectivity index is 0. The Hall–Kier alpha value is -2.12. The highest BCUT2D eigenvalue weighted by Crippen LogP contribution is 2.31. The minimum absolute atomic E-state index is 0.0950. The number of aliphatic hydroxyl groups excluding tert-OH is 1. The van der Waals surface area contributed by atoms with Gasteiger partial charge in [0.2, 0.25) is 0 Å². The molecule has 1 aromatic carbocycles. The highest BCUT2D eigenvalue weighted by molar-refractivity contribution is 5.98. The lowest BCUT2D eigenvalue weighted by molar-refractivity contribution is -0.137. The number of Topliss-reactive ketones (excluding diaryl/α,β-unsaturated/α-hetero) is 1. The standard InChI is InChI=1S/C22H34O6.C3H8.CH4O/c1-16(2)18(9-6-5-7-10-21(23)24)22(25)17-11-12-19(27-4)20(15-17)28-14-8-13-26-3;1-3-2;1-2/h11-12,15-16,18H,5-10,13-14H2,1-4H3,(H,23,24);3H2,1-2H3;2H,1H3. The van der Waals surface area contributed by atoms with Gasteiger partial charge in [0.15, 0.2) is 17.3 Å². The molecule has 192 valence electrons. The third-order valence-corrected chi connectivity index (χ3v) is 4.75. The van der Waals surface area contributed by atoms with Crippen LogP contribution in [0.25, 0.3) is 0 Å². The van der Waals surface area contributed by atoms with Crippen LogP contribution in [0.15, 0.2) is 18.2 Å². The quantitative estimate of drug-likeness (QED) is 0.253. The van der Waals surface area contributed by atoms with E-state index in [0.29, 0.717) is 36.7 Å².